The number of urea groups is 1. The van der Waals surface area contributed by atoms with Crippen molar-refractivity contribution in [3.05, 3.63) is 47.7 Å². The maximum atomic E-state index is 13.9. The first-order valence-electron chi connectivity index (χ1n) is 17.1. The van der Waals surface area contributed by atoms with E-state index >= 15 is 0 Å². The van der Waals surface area contributed by atoms with Gasteiger partial charge in [-0.1, -0.05) is 12.2 Å². The number of aryl methyl sites for hydroxylation is 2. The largest absolute Gasteiger partial charge is 0.496 e. The van der Waals surface area contributed by atoms with Crippen LogP contribution in [0.4, 0.5) is 18.0 Å². The van der Waals surface area contributed by atoms with E-state index in [1.807, 2.05) is 6.08 Å². The fraction of sp³-hybridized carbons (Fsp3) is 0.486. The van der Waals surface area contributed by atoms with Crippen LogP contribution in [0, 0.1) is 12.8 Å². The second kappa shape index (κ2) is 14.1. The van der Waals surface area contributed by atoms with Crippen molar-refractivity contribution in [2.75, 3.05) is 13.7 Å². The Balaban J connectivity index is 1.28. The summed E-state index contributed by atoms with van der Waals surface area (Å²) in [6, 6.07) is 3.63. The number of pyridine rings is 1. The van der Waals surface area contributed by atoms with Gasteiger partial charge in [0.25, 0.3) is 5.91 Å². The summed E-state index contributed by atoms with van der Waals surface area (Å²) in [6.07, 6.45) is 2.99. The fourth-order valence-electron chi connectivity index (χ4n) is 6.24. The van der Waals surface area contributed by atoms with E-state index in [1.54, 1.807) is 32.1 Å². The molecule has 1 aliphatic heterocycles. The van der Waals surface area contributed by atoms with Crippen LogP contribution in [0.3, 0.4) is 0 Å². The van der Waals surface area contributed by atoms with E-state index in [2.05, 4.69) is 30.4 Å². The molecule has 3 atom stereocenters. The van der Waals surface area contributed by atoms with Crippen molar-refractivity contribution in [3.8, 4) is 22.9 Å². The quantitative estimate of drug-likeness (QED) is 0.265. The van der Waals surface area contributed by atoms with Gasteiger partial charge in [0.15, 0.2) is 5.69 Å². The molecule has 4 amide bonds. The van der Waals surface area contributed by atoms with Crippen LogP contribution in [0.15, 0.2) is 41.4 Å². The Morgan fingerprint density at radius 2 is 1.91 bits per heavy atom. The first-order chi connectivity index (χ1) is 25.0. The zero-order valence-corrected chi connectivity index (χ0v) is 30.4. The number of carbonyl (C=O) groups excluding carboxylic acids is 3. The maximum absolute atomic E-state index is 13.9. The van der Waals surface area contributed by atoms with Gasteiger partial charge in [-0.15, -0.1) is 0 Å². The predicted octanol–water partition coefficient (Wildman–Crippen LogP) is 4.50. The molecule has 0 unspecified atom stereocenters. The van der Waals surface area contributed by atoms with Crippen molar-refractivity contribution in [3.63, 3.8) is 0 Å². The molecule has 0 radical (unpaired) electrons. The Labute approximate surface area is 303 Å². The Morgan fingerprint density at radius 3 is 2.58 bits per heavy atom. The first-order valence-corrected chi connectivity index (χ1v) is 18.6. The molecule has 284 valence electrons. The molecule has 53 heavy (non-hydrogen) atoms. The minimum absolute atomic E-state index is 0.0659. The minimum Gasteiger partial charge on any atom is -0.496 e. The molecule has 2 aliphatic carbocycles. The lowest BCUT2D eigenvalue weighted by atomic mass is 10.1. The Hall–Kier alpha value is -5.00. The average Bonchev–Trinajstić information content (AvgIpc) is 3.97. The zero-order valence-electron chi connectivity index (χ0n) is 29.5. The van der Waals surface area contributed by atoms with Crippen molar-refractivity contribution >= 4 is 45.0 Å². The smallest absolute Gasteiger partial charge is 0.435 e. The second-order valence-corrected chi connectivity index (χ2v) is 16.0. The summed E-state index contributed by atoms with van der Waals surface area (Å²) >= 11 is 0. The zero-order chi connectivity index (χ0) is 38.3. The van der Waals surface area contributed by atoms with E-state index in [0.717, 1.165) is 10.7 Å². The normalized spacial score (nSPS) is 23.6. The summed E-state index contributed by atoms with van der Waals surface area (Å²) in [5.74, 6) is -1.39. The number of amides is 4. The highest BCUT2D eigenvalue weighted by molar-refractivity contribution is 7.91. The van der Waals surface area contributed by atoms with E-state index in [-0.39, 0.29) is 36.6 Å². The minimum atomic E-state index is -4.69. The van der Waals surface area contributed by atoms with Crippen molar-refractivity contribution in [1.29, 1.82) is 0 Å². The van der Waals surface area contributed by atoms with Gasteiger partial charge in [-0.05, 0) is 70.6 Å². The molecule has 2 fully saturated rings. The SMILES string of the molecule is COc1ccc2c(OCC[C@@H]3NC(=O)N=CCCC/C=C\[C@@H]4C[C@@]4(C(=O)NS(=O)(=O)C4(C)CC4)NC3=O)cc(-c3cc(C(F)(F)F)nn3C)nc2c1C. The van der Waals surface area contributed by atoms with Crippen LogP contribution >= 0.6 is 0 Å². The number of nitrogens with zero attached hydrogens (tertiary/aromatic N) is 4. The molecule has 6 rings (SSSR count). The number of hydrogen-bond acceptors (Lipinski definition) is 9. The summed E-state index contributed by atoms with van der Waals surface area (Å²) in [5, 5.41) is 9.39. The van der Waals surface area contributed by atoms with Crippen LogP contribution in [0.25, 0.3) is 22.3 Å². The molecular formula is C35H40F3N7O7S. The Kier molecular flexibility index (Phi) is 10.0. The van der Waals surface area contributed by atoms with Crippen LogP contribution in [0.2, 0.25) is 0 Å². The molecule has 18 heteroatoms. The number of carbonyl (C=O) groups is 3. The van der Waals surface area contributed by atoms with Gasteiger partial charge in [0.05, 0.1) is 35.4 Å². The number of sulfonamides is 1. The molecule has 0 spiro atoms. The van der Waals surface area contributed by atoms with Crippen molar-refractivity contribution in [1.82, 2.24) is 30.1 Å². The number of aromatic nitrogens is 3. The van der Waals surface area contributed by atoms with Crippen molar-refractivity contribution < 1.29 is 45.4 Å². The molecule has 0 saturated heterocycles. The van der Waals surface area contributed by atoms with E-state index in [0.29, 0.717) is 54.3 Å². The third-order valence-corrected chi connectivity index (χ3v) is 12.1. The molecule has 3 aliphatic rings. The van der Waals surface area contributed by atoms with Crippen LogP contribution in [-0.4, -0.2) is 77.3 Å². The number of rotatable bonds is 9. The summed E-state index contributed by atoms with van der Waals surface area (Å²) in [4.78, 5) is 48.8. The summed E-state index contributed by atoms with van der Waals surface area (Å²) < 4.78 is 80.3. The number of ether oxygens (including phenoxy) is 2. The number of halogens is 3. The van der Waals surface area contributed by atoms with Gasteiger partial charge < -0.3 is 20.1 Å². The summed E-state index contributed by atoms with van der Waals surface area (Å²) in [7, 11) is -1.17. The number of alkyl halides is 3. The molecule has 3 heterocycles. The van der Waals surface area contributed by atoms with Crippen LogP contribution < -0.4 is 24.8 Å². The lowest BCUT2D eigenvalue weighted by Crippen LogP contribution is -2.57. The lowest BCUT2D eigenvalue weighted by molar-refractivity contribution is -0.141. The van der Waals surface area contributed by atoms with Crippen LogP contribution in [0.1, 0.15) is 63.1 Å². The van der Waals surface area contributed by atoms with Gasteiger partial charge in [-0.2, -0.15) is 18.3 Å². The number of aliphatic imine (C=N–C) groups is 1. The van der Waals surface area contributed by atoms with Gasteiger partial charge in [-0.25, -0.2) is 23.2 Å². The van der Waals surface area contributed by atoms with Crippen molar-refractivity contribution in [2.24, 2.45) is 18.0 Å². The standard InChI is InChI=1S/C35H40F3N7O7S/c1-20-26(51-4)11-10-22-27(17-24(40-29(20)22)25-18-28(35(36,37)38)43-45(25)3)52-16-12-23-30(46)42-34(31(47)44-53(49,50)33(2)13-14-33)19-21(34)9-7-5-6-8-15-39-32(48)41-23/h7,9-11,15,17-18,21,23H,5-6,8,12-14,16,19H2,1-4H3,(H,41,48)(H,42,46)(H,44,47)/b9-7-,39-15?/t21-,23+,34-/m1/s1. The number of methoxy groups -OCH3 is 1. The predicted molar refractivity (Wildman–Crippen MR) is 188 cm³/mol. The second-order valence-electron chi connectivity index (χ2n) is 13.8. The molecule has 2 saturated carbocycles. The average molecular weight is 760 g/mol. The number of hydrogen-bond donors (Lipinski definition) is 3. The number of benzene rings is 1. The van der Waals surface area contributed by atoms with Crippen LogP contribution in [0.5, 0.6) is 11.5 Å². The fourth-order valence-corrected chi connectivity index (χ4v) is 7.56. The van der Waals surface area contributed by atoms with Gasteiger partial charge >= 0.3 is 12.2 Å². The van der Waals surface area contributed by atoms with E-state index in [9.17, 15) is 36.0 Å². The number of allylic oxidation sites excluding steroid dienone is 1. The molecule has 1 aromatic carbocycles. The molecular weight excluding hydrogens is 719 g/mol. The molecule has 3 N–H and O–H groups in total. The Morgan fingerprint density at radius 1 is 1.15 bits per heavy atom. The highest BCUT2D eigenvalue weighted by Gasteiger charge is 2.62. The summed E-state index contributed by atoms with van der Waals surface area (Å²) in [5.41, 5.74) is -1.48. The highest BCUT2D eigenvalue weighted by atomic mass is 32.2. The number of fused-ring (bicyclic) bond motifs is 2. The van der Waals surface area contributed by atoms with Gasteiger partial charge in [0, 0.05) is 42.6 Å². The lowest BCUT2D eigenvalue weighted by Gasteiger charge is -2.24. The van der Waals surface area contributed by atoms with Gasteiger partial charge in [0.2, 0.25) is 15.9 Å². The molecule has 3 aromatic rings. The van der Waals surface area contributed by atoms with Crippen molar-refractivity contribution in [2.45, 2.75) is 81.3 Å². The monoisotopic (exact) mass is 759 g/mol. The third-order valence-electron chi connectivity index (χ3n) is 9.95. The van der Waals surface area contributed by atoms with E-state index in [4.69, 9.17) is 9.47 Å². The maximum Gasteiger partial charge on any atom is 0.435 e. The molecule has 0 bridgehead atoms. The number of nitrogens with one attached hydrogen (secondary N) is 3. The topological polar surface area (TPSA) is 183 Å². The summed E-state index contributed by atoms with van der Waals surface area (Å²) in [6.45, 7) is 3.09. The third kappa shape index (κ3) is 7.72. The molecule has 14 nitrogen and oxygen atoms in total. The Bertz CT molecular complexity index is 2130. The van der Waals surface area contributed by atoms with Gasteiger partial charge in [0.1, 0.15) is 23.1 Å². The first kappa shape index (κ1) is 37.7. The van der Waals surface area contributed by atoms with Gasteiger partial charge in [-0.3, -0.25) is 19.0 Å². The molecule has 2 aromatic heterocycles. The van der Waals surface area contributed by atoms with Crippen LogP contribution in [-0.2, 0) is 32.8 Å². The van der Waals surface area contributed by atoms with E-state index in [1.165, 1.54) is 26.4 Å². The van der Waals surface area contributed by atoms with E-state index < -0.39 is 62.0 Å². The highest BCUT2D eigenvalue weighted by Crippen LogP contribution is 2.47.